The maximum Gasteiger partial charge on any atom is 0.0599 e. The van der Waals surface area contributed by atoms with Gasteiger partial charge in [0, 0.05) is 5.70 Å². The minimum atomic E-state index is 0.0840. The third-order valence-electron chi connectivity index (χ3n) is 1.67. The molecule has 0 aromatic rings. The van der Waals surface area contributed by atoms with Gasteiger partial charge in [-0.15, -0.1) is 0 Å². The molecule has 0 saturated heterocycles. The first-order valence-electron chi connectivity index (χ1n) is 3.57. The number of rotatable bonds is 4. The van der Waals surface area contributed by atoms with Crippen LogP contribution >= 0.6 is 22.6 Å². The molecule has 0 bridgehead atoms. The molecule has 0 rings (SSSR count). The highest BCUT2D eigenvalue weighted by molar-refractivity contribution is 14.1. The van der Waals surface area contributed by atoms with Crippen molar-refractivity contribution in [3.63, 3.8) is 0 Å². The molecular weight excluding hydrogens is 251 g/mol. The molecule has 0 aliphatic carbocycles. The Morgan fingerprint density at radius 3 is 2.64 bits per heavy atom. The Hall–Kier alpha value is -0.0300. The van der Waals surface area contributed by atoms with Crippen molar-refractivity contribution < 1.29 is 0 Å². The van der Waals surface area contributed by atoms with Crippen molar-refractivity contribution in [2.45, 2.75) is 23.7 Å². The molecule has 11 heavy (non-hydrogen) atoms. The van der Waals surface area contributed by atoms with Gasteiger partial charge in [0.1, 0.15) is 0 Å². The van der Waals surface area contributed by atoms with Crippen LogP contribution in [0, 0.1) is 0 Å². The van der Waals surface area contributed by atoms with Crippen molar-refractivity contribution >= 4 is 22.6 Å². The molecule has 64 valence electrons. The van der Waals surface area contributed by atoms with E-state index in [9.17, 15) is 0 Å². The average molecular weight is 266 g/mol. The fraction of sp³-hybridized carbons (Fsp3) is 0.500. The van der Waals surface area contributed by atoms with Crippen molar-refractivity contribution in [2.75, 3.05) is 0 Å². The Balaban J connectivity index is 4.48. The maximum absolute atomic E-state index is 5.35. The number of hydrogen-bond donors (Lipinski definition) is 2. The van der Waals surface area contributed by atoms with Crippen molar-refractivity contribution in [1.82, 2.24) is 5.43 Å². The summed E-state index contributed by atoms with van der Waals surface area (Å²) in [6.07, 6.45) is 4.68. The van der Waals surface area contributed by atoms with Gasteiger partial charge in [-0.1, -0.05) is 42.2 Å². The molecule has 0 amide bonds. The van der Waals surface area contributed by atoms with Crippen LogP contribution in [0.5, 0.6) is 0 Å². The van der Waals surface area contributed by atoms with E-state index in [1.165, 1.54) is 0 Å². The van der Waals surface area contributed by atoms with E-state index in [-0.39, 0.29) is 3.42 Å². The lowest BCUT2D eigenvalue weighted by Crippen LogP contribution is -2.33. The number of halogens is 1. The molecule has 0 fully saturated rings. The zero-order valence-corrected chi connectivity index (χ0v) is 9.18. The molecule has 0 aliphatic rings. The third kappa shape index (κ3) is 3.25. The topological polar surface area (TPSA) is 38.0 Å². The standard InChI is InChI=1S/C8H15IN2/c1-4-6-7(11-10)8(3,9)5-2/h4,6,11H,1,5,10H2,2-3H3/b7-6+. The molecule has 0 radical (unpaired) electrons. The first-order valence-corrected chi connectivity index (χ1v) is 4.65. The molecule has 0 saturated carbocycles. The molecule has 0 heterocycles. The molecule has 0 spiro atoms. The van der Waals surface area contributed by atoms with Gasteiger partial charge in [0.15, 0.2) is 0 Å². The number of nitrogens with two attached hydrogens (primary N) is 1. The van der Waals surface area contributed by atoms with Gasteiger partial charge in [-0.25, -0.2) is 0 Å². The van der Waals surface area contributed by atoms with Crippen LogP contribution in [0.4, 0.5) is 0 Å². The Bertz CT molecular complexity index is 161. The summed E-state index contributed by atoms with van der Waals surface area (Å²) < 4.78 is 0.0840. The third-order valence-corrected chi connectivity index (χ3v) is 3.01. The maximum atomic E-state index is 5.35. The quantitative estimate of drug-likeness (QED) is 0.269. The summed E-state index contributed by atoms with van der Waals surface area (Å²) >= 11 is 2.37. The lowest BCUT2D eigenvalue weighted by atomic mass is 10.1. The minimum absolute atomic E-state index is 0.0840. The van der Waals surface area contributed by atoms with Crippen LogP contribution in [0.1, 0.15) is 20.3 Å². The van der Waals surface area contributed by atoms with E-state index in [4.69, 9.17) is 5.84 Å². The van der Waals surface area contributed by atoms with Gasteiger partial charge in [-0.2, -0.15) is 0 Å². The van der Waals surface area contributed by atoms with E-state index >= 15 is 0 Å². The zero-order valence-electron chi connectivity index (χ0n) is 7.02. The first kappa shape index (κ1) is 11.0. The Morgan fingerprint density at radius 1 is 1.82 bits per heavy atom. The van der Waals surface area contributed by atoms with Crippen molar-refractivity contribution in [3.05, 3.63) is 24.4 Å². The van der Waals surface area contributed by atoms with E-state index in [1.54, 1.807) is 6.08 Å². The predicted molar refractivity (Wildman–Crippen MR) is 58.3 cm³/mol. The minimum Gasteiger partial charge on any atom is -0.327 e. The summed E-state index contributed by atoms with van der Waals surface area (Å²) in [5, 5.41) is 0. The van der Waals surface area contributed by atoms with E-state index < -0.39 is 0 Å². The van der Waals surface area contributed by atoms with Crippen molar-refractivity contribution in [2.24, 2.45) is 5.84 Å². The van der Waals surface area contributed by atoms with Crippen molar-refractivity contribution in [3.8, 4) is 0 Å². The second kappa shape index (κ2) is 4.77. The normalized spacial score (nSPS) is 17.3. The number of hydrazine groups is 1. The van der Waals surface area contributed by atoms with E-state index in [2.05, 4.69) is 48.4 Å². The summed E-state index contributed by atoms with van der Waals surface area (Å²) in [5.41, 5.74) is 3.69. The zero-order chi connectivity index (χ0) is 8.91. The highest BCUT2D eigenvalue weighted by Crippen LogP contribution is 2.28. The number of hydrogen-bond acceptors (Lipinski definition) is 2. The summed E-state index contributed by atoms with van der Waals surface area (Å²) in [7, 11) is 0. The largest absolute Gasteiger partial charge is 0.327 e. The molecular formula is C8H15IN2. The molecule has 1 unspecified atom stereocenters. The van der Waals surface area contributed by atoms with Crippen LogP contribution < -0.4 is 11.3 Å². The highest BCUT2D eigenvalue weighted by atomic mass is 127. The summed E-state index contributed by atoms with van der Waals surface area (Å²) in [5.74, 6) is 5.35. The number of nitrogens with one attached hydrogen (secondary N) is 1. The number of alkyl halides is 1. The fourth-order valence-electron chi connectivity index (χ4n) is 0.681. The van der Waals surface area contributed by atoms with E-state index in [0.717, 1.165) is 12.1 Å². The van der Waals surface area contributed by atoms with Crippen LogP contribution in [0.3, 0.4) is 0 Å². The van der Waals surface area contributed by atoms with Crippen LogP contribution in [0.15, 0.2) is 24.4 Å². The second-order valence-corrected chi connectivity index (χ2v) is 4.89. The molecule has 0 aliphatic heterocycles. The van der Waals surface area contributed by atoms with Gasteiger partial charge in [0.05, 0.1) is 3.42 Å². The van der Waals surface area contributed by atoms with Gasteiger partial charge in [0.2, 0.25) is 0 Å². The SMILES string of the molecule is C=C/C=C(/NN)C(C)(I)CC. The van der Waals surface area contributed by atoms with Crippen LogP contribution in [0.25, 0.3) is 0 Å². The Morgan fingerprint density at radius 2 is 2.36 bits per heavy atom. The summed E-state index contributed by atoms with van der Waals surface area (Å²) in [6.45, 7) is 7.87. The lowest BCUT2D eigenvalue weighted by Gasteiger charge is -2.23. The van der Waals surface area contributed by atoms with Crippen molar-refractivity contribution in [1.29, 1.82) is 0 Å². The second-order valence-electron chi connectivity index (χ2n) is 2.51. The molecule has 1 atom stereocenters. The molecule has 3 heteroatoms. The number of allylic oxidation sites excluding steroid dienone is 3. The summed E-state index contributed by atoms with van der Waals surface area (Å²) in [4.78, 5) is 0. The molecule has 0 aromatic heterocycles. The Kier molecular flexibility index (Phi) is 4.76. The van der Waals surface area contributed by atoms with Gasteiger partial charge in [-0.05, 0) is 19.4 Å². The van der Waals surface area contributed by atoms with Crippen LogP contribution in [-0.4, -0.2) is 3.42 Å². The molecule has 3 N–H and O–H groups in total. The van der Waals surface area contributed by atoms with E-state index in [1.807, 2.05) is 6.08 Å². The first-order chi connectivity index (χ1) is 5.08. The van der Waals surface area contributed by atoms with E-state index in [0.29, 0.717) is 0 Å². The lowest BCUT2D eigenvalue weighted by molar-refractivity contribution is 0.670. The monoisotopic (exact) mass is 266 g/mol. The predicted octanol–water partition coefficient (Wildman–Crippen LogP) is 2.12. The fourth-order valence-corrected chi connectivity index (χ4v) is 1.02. The molecule has 2 nitrogen and oxygen atoms in total. The van der Waals surface area contributed by atoms with Gasteiger partial charge < -0.3 is 5.43 Å². The summed E-state index contributed by atoms with van der Waals surface area (Å²) in [6, 6.07) is 0. The smallest absolute Gasteiger partial charge is 0.0599 e. The van der Waals surface area contributed by atoms with Gasteiger partial charge >= 0.3 is 0 Å². The average Bonchev–Trinajstić information content (AvgIpc) is 2.00. The van der Waals surface area contributed by atoms with Gasteiger partial charge in [0.25, 0.3) is 0 Å². The van der Waals surface area contributed by atoms with Crippen LogP contribution in [0.2, 0.25) is 0 Å². The Labute approximate surface area is 82.0 Å². The van der Waals surface area contributed by atoms with Crippen LogP contribution in [-0.2, 0) is 0 Å². The molecule has 0 aromatic carbocycles. The highest BCUT2D eigenvalue weighted by Gasteiger charge is 2.21. The van der Waals surface area contributed by atoms with Gasteiger partial charge in [-0.3, -0.25) is 5.84 Å².